The molecule has 0 heterocycles. The van der Waals surface area contributed by atoms with Gasteiger partial charge in [0.15, 0.2) is 0 Å². The van der Waals surface area contributed by atoms with Gasteiger partial charge < -0.3 is 9.47 Å². The van der Waals surface area contributed by atoms with E-state index in [1.54, 1.807) is 19.9 Å². The molecule has 0 unspecified atom stereocenters. The first kappa shape index (κ1) is 18.7. The van der Waals surface area contributed by atoms with Gasteiger partial charge in [-0.1, -0.05) is 62.4 Å². The zero-order chi connectivity index (χ0) is 18.1. The molecule has 0 aliphatic carbocycles. The Labute approximate surface area is 148 Å². The Hall–Kier alpha value is -2.62. The van der Waals surface area contributed by atoms with E-state index < -0.39 is 0 Å². The Bertz CT molecular complexity index is 692. The van der Waals surface area contributed by atoms with Crippen LogP contribution < -0.4 is 4.74 Å². The average molecular weight is 340 g/mol. The van der Waals surface area contributed by atoms with Gasteiger partial charge in [-0.25, -0.2) is 0 Å². The van der Waals surface area contributed by atoms with Crippen molar-refractivity contribution in [2.24, 2.45) is 5.92 Å². The van der Waals surface area contributed by atoms with E-state index in [2.05, 4.69) is 0 Å². The highest BCUT2D eigenvalue weighted by atomic mass is 16.5. The molecule has 0 saturated heterocycles. The van der Waals surface area contributed by atoms with Crippen LogP contribution in [0.5, 0.6) is 5.75 Å². The van der Waals surface area contributed by atoms with Gasteiger partial charge in [0.05, 0.1) is 12.5 Å². The lowest BCUT2D eigenvalue weighted by atomic mass is 10.1. The van der Waals surface area contributed by atoms with E-state index in [-0.39, 0.29) is 17.9 Å². The highest BCUT2D eigenvalue weighted by molar-refractivity contribution is 5.78. The van der Waals surface area contributed by atoms with E-state index in [1.807, 2.05) is 48.5 Å². The van der Waals surface area contributed by atoms with Crippen LogP contribution in [0.4, 0.5) is 0 Å². The molecule has 0 spiro atoms. The second-order valence-corrected chi connectivity index (χ2v) is 6.12. The van der Waals surface area contributed by atoms with E-state index in [0.29, 0.717) is 31.6 Å². The van der Waals surface area contributed by atoms with Gasteiger partial charge >= 0.3 is 11.9 Å². The van der Waals surface area contributed by atoms with Crippen LogP contribution in [0.25, 0.3) is 11.1 Å². The summed E-state index contributed by atoms with van der Waals surface area (Å²) in [7, 11) is 0. The van der Waals surface area contributed by atoms with E-state index in [1.165, 1.54) is 0 Å². The molecule has 25 heavy (non-hydrogen) atoms. The fourth-order valence-corrected chi connectivity index (χ4v) is 2.30. The summed E-state index contributed by atoms with van der Waals surface area (Å²) in [6.07, 6.45) is 1.56. The van der Waals surface area contributed by atoms with Crippen LogP contribution in [0.2, 0.25) is 0 Å². The maximum atomic E-state index is 12.1. The van der Waals surface area contributed by atoms with Gasteiger partial charge in [0.1, 0.15) is 5.75 Å². The largest absolute Gasteiger partial charge is 0.465 e. The number of esters is 2. The van der Waals surface area contributed by atoms with Crippen LogP contribution in [0.15, 0.2) is 54.6 Å². The molecular formula is C21H24O4. The molecule has 2 rings (SSSR count). The maximum Gasteiger partial charge on any atom is 0.311 e. The van der Waals surface area contributed by atoms with Crippen molar-refractivity contribution in [1.29, 1.82) is 0 Å². The van der Waals surface area contributed by atoms with E-state index in [4.69, 9.17) is 9.47 Å². The molecule has 2 aromatic rings. The summed E-state index contributed by atoms with van der Waals surface area (Å²) in [6.45, 7) is 3.93. The highest BCUT2D eigenvalue weighted by Crippen LogP contribution is 2.29. The van der Waals surface area contributed by atoms with E-state index in [0.717, 1.165) is 11.1 Å². The number of para-hydroxylation sites is 1. The number of hydrogen-bond acceptors (Lipinski definition) is 4. The summed E-state index contributed by atoms with van der Waals surface area (Å²) in [5.74, 6) is -0.0534. The Morgan fingerprint density at radius 3 is 2.32 bits per heavy atom. The third-order valence-corrected chi connectivity index (χ3v) is 3.69. The molecule has 0 N–H and O–H groups in total. The summed E-state index contributed by atoms with van der Waals surface area (Å²) in [4.78, 5) is 23.4. The predicted octanol–water partition coefficient (Wildman–Crippen LogP) is 4.63. The molecule has 0 atom stereocenters. The third-order valence-electron chi connectivity index (χ3n) is 3.69. The second-order valence-electron chi connectivity index (χ2n) is 6.12. The molecule has 0 aromatic heterocycles. The van der Waals surface area contributed by atoms with Crippen molar-refractivity contribution in [3.05, 3.63) is 54.6 Å². The van der Waals surface area contributed by atoms with Gasteiger partial charge in [-0.15, -0.1) is 0 Å². The van der Waals surface area contributed by atoms with Gasteiger partial charge in [-0.05, 0) is 24.5 Å². The van der Waals surface area contributed by atoms with Crippen molar-refractivity contribution in [2.75, 3.05) is 6.61 Å². The van der Waals surface area contributed by atoms with Gasteiger partial charge in [-0.2, -0.15) is 0 Å². The quantitative estimate of drug-likeness (QED) is 0.399. The Morgan fingerprint density at radius 2 is 1.60 bits per heavy atom. The van der Waals surface area contributed by atoms with Crippen LogP contribution in [0, 0.1) is 5.92 Å². The minimum Gasteiger partial charge on any atom is -0.465 e. The SMILES string of the molecule is CC(C)C(=O)OCCCCC(=O)Oc1ccccc1-c1ccccc1. The minimum atomic E-state index is -0.279. The van der Waals surface area contributed by atoms with Crippen molar-refractivity contribution in [3.63, 3.8) is 0 Å². The van der Waals surface area contributed by atoms with Crippen molar-refractivity contribution < 1.29 is 19.1 Å². The molecule has 0 bridgehead atoms. The lowest BCUT2D eigenvalue weighted by Gasteiger charge is -2.10. The molecule has 0 amide bonds. The molecular weight excluding hydrogens is 316 g/mol. The van der Waals surface area contributed by atoms with E-state index in [9.17, 15) is 9.59 Å². The fraction of sp³-hybridized carbons (Fsp3) is 0.333. The van der Waals surface area contributed by atoms with Crippen molar-refractivity contribution in [3.8, 4) is 16.9 Å². The van der Waals surface area contributed by atoms with Crippen LogP contribution in [-0.2, 0) is 14.3 Å². The zero-order valence-corrected chi connectivity index (χ0v) is 14.7. The molecule has 0 radical (unpaired) electrons. The normalized spacial score (nSPS) is 10.5. The summed E-state index contributed by atoms with van der Waals surface area (Å²) < 4.78 is 10.6. The number of hydrogen-bond donors (Lipinski definition) is 0. The lowest BCUT2D eigenvalue weighted by molar-refractivity contribution is -0.147. The molecule has 0 fully saturated rings. The number of rotatable bonds is 8. The molecule has 0 aliphatic rings. The van der Waals surface area contributed by atoms with Crippen molar-refractivity contribution >= 4 is 11.9 Å². The number of carbonyl (C=O) groups is 2. The van der Waals surface area contributed by atoms with Gasteiger partial charge in [0, 0.05) is 12.0 Å². The average Bonchev–Trinajstić information content (AvgIpc) is 2.62. The molecule has 132 valence electrons. The Morgan fingerprint density at radius 1 is 0.920 bits per heavy atom. The first-order valence-electron chi connectivity index (χ1n) is 8.59. The molecule has 0 saturated carbocycles. The third kappa shape index (κ3) is 6.07. The zero-order valence-electron chi connectivity index (χ0n) is 14.7. The van der Waals surface area contributed by atoms with Crippen LogP contribution >= 0.6 is 0 Å². The monoisotopic (exact) mass is 340 g/mol. The summed E-state index contributed by atoms with van der Waals surface area (Å²) in [5, 5.41) is 0. The lowest BCUT2D eigenvalue weighted by Crippen LogP contribution is -2.13. The number of unbranched alkanes of at least 4 members (excludes halogenated alkanes) is 1. The first-order chi connectivity index (χ1) is 12.1. The first-order valence-corrected chi connectivity index (χ1v) is 8.59. The maximum absolute atomic E-state index is 12.1. The fourth-order valence-electron chi connectivity index (χ4n) is 2.30. The topological polar surface area (TPSA) is 52.6 Å². The van der Waals surface area contributed by atoms with Gasteiger partial charge in [0.2, 0.25) is 0 Å². The highest BCUT2D eigenvalue weighted by Gasteiger charge is 2.11. The molecule has 0 aliphatic heterocycles. The van der Waals surface area contributed by atoms with Gasteiger partial charge in [-0.3, -0.25) is 9.59 Å². The van der Waals surface area contributed by atoms with Crippen LogP contribution in [-0.4, -0.2) is 18.5 Å². The van der Waals surface area contributed by atoms with Gasteiger partial charge in [0.25, 0.3) is 0 Å². The van der Waals surface area contributed by atoms with Crippen molar-refractivity contribution in [1.82, 2.24) is 0 Å². The Balaban J connectivity index is 1.82. The number of carbonyl (C=O) groups excluding carboxylic acids is 2. The predicted molar refractivity (Wildman–Crippen MR) is 97.2 cm³/mol. The number of benzene rings is 2. The molecule has 4 heteroatoms. The van der Waals surface area contributed by atoms with Crippen LogP contribution in [0.1, 0.15) is 33.1 Å². The summed E-state index contributed by atoms with van der Waals surface area (Å²) in [6, 6.07) is 17.3. The number of ether oxygens (including phenoxy) is 2. The summed E-state index contributed by atoms with van der Waals surface area (Å²) in [5.41, 5.74) is 1.90. The van der Waals surface area contributed by atoms with Crippen molar-refractivity contribution in [2.45, 2.75) is 33.1 Å². The smallest absolute Gasteiger partial charge is 0.311 e. The molecule has 2 aromatic carbocycles. The van der Waals surface area contributed by atoms with E-state index >= 15 is 0 Å². The minimum absolute atomic E-state index is 0.126. The van der Waals surface area contributed by atoms with Crippen LogP contribution in [0.3, 0.4) is 0 Å². The summed E-state index contributed by atoms with van der Waals surface area (Å²) >= 11 is 0. The Kier molecular flexibility index (Phi) is 7.20. The molecule has 4 nitrogen and oxygen atoms in total. The second kappa shape index (κ2) is 9.62. The standard InChI is InChI=1S/C21H24O4/c1-16(2)21(23)24-15-9-8-14-20(22)25-19-13-7-6-12-18(19)17-10-4-3-5-11-17/h3-7,10-13,16H,8-9,14-15H2,1-2H3.